The number of ether oxygens (including phenoxy) is 2. The number of hydrogen-bond acceptors (Lipinski definition) is 11. The first-order chi connectivity index (χ1) is 19.8. The van der Waals surface area contributed by atoms with Crippen LogP contribution in [-0.4, -0.2) is 42.2 Å². The van der Waals surface area contributed by atoms with E-state index in [2.05, 4.69) is 22.4 Å². The smallest absolute Gasteiger partial charge is 0.322 e. The van der Waals surface area contributed by atoms with Gasteiger partial charge in [0.2, 0.25) is 0 Å². The van der Waals surface area contributed by atoms with Gasteiger partial charge in [0.25, 0.3) is 0 Å². The monoisotopic (exact) mass is 604 g/mol. The fourth-order valence-electron chi connectivity index (χ4n) is 3.74. The average Bonchev–Trinajstić information content (AvgIpc) is 3.46. The summed E-state index contributed by atoms with van der Waals surface area (Å²) < 4.78 is 10.7. The van der Waals surface area contributed by atoms with Gasteiger partial charge in [0.15, 0.2) is 0 Å². The van der Waals surface area contributed by atoms with Crippen molar-refractivity contribution in [3.63, 3.8) is 0 Å². The van der Waals surface area contributed by atoms with Crippen molar-refractivity contribution in [2.45, 2.75) is 23.7 Å². The first-order valence-corrected chi connectivity index (χ1v) is 14.6. The number of rotatable bonds is 11. The van der Waals surface area contributed by atoms with E-state index in [0.29, 0.717) is 44.1 Å². The van der Waals surface area contributed by atoms with Crippen LogP contribution in [0.5, 0.6) is 5.75 Å². The molecule has 0 bridgehead atoms. The standard InChI is InChI=1S/C29H25ClN6O3S2/c1-17(33)29(37)39-12-11-38-22-9-5-18(6-10-22)25-23(13-31)26(34-2)36-28(24(25)14-32)41-16-21-15-40-27(35-21)19-3-7-20(30)8-4-19/h3-10,15,17H,11-12,16,33H2,1-2H3,(H,34,36). The van der Waals surface area contributed by atoms with Gasteiger partial charge in [0.1, 0.15) is 58.6 Å². The maximum absolute atomic E-state index is 11.5. The molecule has 0 saturated carbocycles. The number of carbonyl (C=O) groups is 1. The molecule has 3 N–H and O–H groups in total. The summed E-state index contributed by atoms with van der Waals surface area (Å²) in [5.41, 5.74) is 9.01. The van der Waals surface area contributed by atoms with Gasteiger partial charge >= 0.3 is 5.97 Å². The Labute approximate surface area is 250 Å². The number of halogens is 1. The van der Waals surface area contributed by atoms with Crippen molar-refractivity contribution in [3.05, 3.63) is 75.8 Å². The van der Waals surface area contributed by atoms with Crippen LogP contribution in [0.4, 0.5) is 5.82 Å². The van der Waals surface area contributed by atoms with Crippen LogP contribution in [0.25, 0.3) is 21.7 Å². The number of thioether (sulfide) groups is 1. The van der Waals surface area contributed by atoms with Gasteiger partial charge < -0.3 is 20.5 Å². The minimum absolute atomic E-state index is 0.0654. The third-order valence-electron chi connectivity index (χ3n) is 5.74. The lowest BCUT2D eigenvalue weighted by Gasteiger charge is -2.15. The van der Waals surface area contributed by atoms with Crippen LogP contribution in [0.1, 0.15) is 23.7 Å². The van der Waals surface area contributed by atoms with Gasteiger partial charge in [0.05, 0.1) is 11.3 Å². The number of hydrogen-bond donors (Lipinski definition) is 2. The van der Waals surface area contributed by atoms with E-state index in [1.165, 1.54) is 23.1 Å². The molecule has 0 aliphatic rings. The molecule has 9 nitrogen and oxygen atoms in total. The first-order valence-electron chi connectivity index (χ1n) is 12.4. The normalized spacial score (nSPS) is 11.3. The minimum Gasteiger partial charge on any atom is -0.490 e. The van der Waals surface area contributed by atoms with E-state index in [4.69, 9.17) is 31.8 Å². The van der Waals surface area contributed by atoms with Crippen molar-refractivity contribution in [2.75, 3.05) is 25.6 Å². The molecule has 0 aliphatic heterocycles. The first kappa shape index (κ1) is 29.8. The van der Waals surface area contributed by atoms with E-state index < -0.39 is 12.0 Å². The Morgan fingerprint density at radius 2 is 1.76 bits per heavy atom. The van der Waals surface area contributed by atoms with Gasteiger partial charge in [-0.15, -0.1) is 11.3 Å². The number of esters is 1. The zero-order chi connectivity index (χ0) is 29.4. The van der Waals surface area contributed by atoms with Crippen molar-refractivity contribution < 1.29 is 14.3 Å². The zero-order valence-corrected chi connectivity index (χ0v) is 24.6. The number of nitrogens with one attached hydrogen (secondary N) is 1. The molecule has 12 heteroatoms. The van der Waals surface area contributed by atoms with Crippen LogP contribution in [0.15, 0.2) is 58.9 Å². The lowest BCUT2D eigenvalue weighted by atomic mass is 9.96. The summed E-state index contributed by atoms with van der Waals surface area (Å²) in [6.07, 6.45) is 0. The van der Waals surface area contributed by atoms with Crippen molar-refractivity contribution in [2.24, 2.45) is 5.73 Å². The summed E-state index contributed by atoms with van der Waals surface area (Å²) in [5, 5.41) is 27.1. The quantitative estimate of drug-likeness (QED) is 0.121. The number of anilines is 1. The second-order valence-electron chi connectivity index (χ2n) is 8.63. The number of aromatic nitrogens is 2. The number of benzene rings is 2. The highest BCUT2D eigenvalue weighted by Gasteiger charge is 2.22. The third kappa shape index (κ3) is 7.34. The number of nitriles is 2. The van der Waals surface area contributed by atoms with Gasteiger partial charge in [0, 0.05) is 34.3 Å². The number of pyridine rings is 1. The number of carbonyl (C=O) groups excluding carboxylic acids is 1. The summed E-state index contributed by atoms with van der Waals surface area (Å²) in [7, 11) is 1.68. The van der Waals surface area contributed by atoms with Crippen molar-refractivity contribution in [1.82, 2.24) is 9.97 Å². The van der Waals surface area contributed by atoms with Gasteiger partial charge in [-0.3, -0.25) is 4.79 Å². The summed E-state index contributed by atoms with van der Waals surface area (Å²) in [4.78, 5) is 20.8. The van der Waals surface area contributed by atoms with Gasteiger partial charge in [-0.1, -0.05) is 47.6 Å². The molecule has 2 heterocycles. The molecule has 208 valence electrons. The number of thiazole rings is 1. The summed E-state index contributed by atoms with van der Waals surface area (Å²) in [6, 6.07) is 18.2. The predicted molar refractivity (Wildman–Crippen MR) is 161 cm³/mol. The Kier molecular flexibility index (Phi) is 10.2. The van der Waals surface area contributed by atoms with Crippen LogP contribution in [0.2, 0.25) is 5.02 Å². The molecular formula is C29H25ClN6O3S2. The summed E-state index contributed by atoms with van der Waals surface area (Å²) >= 11 is 8.91. The number of nitrogens with zero attached hydrogens (tertiary/aromatic N) is 4. The fourth-order valence-corrected chi connectivity index (χ4v) is 5.68. The van der Waals surface area contributed by atoms with Gasteiger partial charge in [-0.25, -0.2) is 9.97 Å². The van der Waals surface area contributed by atoms with Crippen LogP contribution < -0.4 is 15.8 Å². The van der Waals surface area contributed by atoms with E-state index in [1.54, 1.807) is 38.2 Å². The Morgan fingerprint density at radius 3 is 2.39 bits per heavy atom. The highest BCUT2D eigenvalue weighted by Crippen LogP contribution is 2.38. The molecule has 0 aliphatic carbocycles. The molecule has 0 fully saturated rings. The molecule has 1 atom stereocenters. The zero-order valence-electron chi connectivity index (χ0n) is 22.2. The van der Waals surface area contributed by atoms with Crippen LogP contribution in [-0.2, 0) is 15.3 Å². The molecular weight excluding hydrogens is 580 g/mol. The van der Waals surface area contributed by atoms with E-state index >= 15 is 0 Å². The maximum atomic E-state index is 11.5. The van der Waals surface area contributed by atoms with Gasteiger partial charge in [-0.05, 0) is 36.8 Å². The highest BCUT2D eigenvalue weighted by molar-refractivity contribution is 7.98. The largest absolute Gasteiger partial charge is 0.490 e. The van der Waals surface area contributed by atoms with E-state index in [-0.39, 0.29) is 18.8 Å². The maximum Gasteiger partial charge on any atom is 0.322 e. The molecule has 0 saturated heterocycles. The summed E-state index contributed by atoms with van der Waals surface area (Å²) in [6.45, 7) is 1.77. The second kappa shape index (κ2) is 14.0. The molecule has 0 amide bonds. The van der Waals surface area contributed by atoms with E-state index in [0.717, 1.165) is 16.3 Å². The van der Waals surface area contributed by atoms with Crippen LogP contribution in [0.3, 0.4) is 0 Å². The average molecular weight is 605 g/mol. The molecule has 0 radical (unpaired) electrons. The Hall–Kier alpha value is -4.13. The van der Waals surface area contributed by atoms with Crippen LogP contribution >= 0.6 is 34.7 Å². The molecule has 2 aromatic carbocycles. The second-order valence-corrected chi connectivity index (χ2v) is 10.9. The van der Waals surface area contributed by atoms with E-state index in [1.807, 2.05) is 29.6 Å². The molecule has 0 spiro atoms. The highest BCUT2D eigenvalue weighted by atomic mass is 35.5. The topological polar surface area (TPSA) is 147 Å². The Morgan fingerprint density at radius 1 is 1.07 bits per heavy atom. The molecule has 4 rings (SSSR count). The molecule has 41 heavy (non-hydrogen) atoms. The van der Waals surface area contributed by atoms with Crippen LogP contribution in [0, 0.1) is 22.7 Å². The summed E-state index contributed by atoms with van der Waals surface area (Å²) in [5.74, 6) is 0.904. The van der Waals surface area contributed by atoms with Crippen molar-refractivity contribution in [1.29, 1.82) is 10.5 Å². The lowest BCUT2D eigenvalue weighted by Crippen LogP contribution is -2.29. The molecule has 1 unspecified atom stereocenters. The molecule has 2 aromatic heterocycles. The SMILES string of the molecule is CNc1nc(SCc2csc(-c3ccc(Cl)cc3)n2)c(C#N)c(-c2ccc(OCCOC(=O)C(C)N)cc2)c1C#N. The third-order valence-corrected chi connectivity index (χ3v) is 7.94. The Bertz CT molecular complexity index is 1610. The van der Waals surface area contributed by atoms with Crippen molar-refractivity contribution >= 4 is 46.5 Å². The predicted octanol–water partition coefficient (Wildman–Crippen LogP) is 5.87. The lowest BCUT2D eigenvalue weighted by molar-refractivity contribution is -0.145. The molecule has 4 aromatic rings. The van der Waals surface area contributed by atoms with E-state index in [9.17, 15) is 15.3 Å². The fraction of sp³-hybridized carbons (Fsp3) is 0.207. The number of nitrogens with two attached hydrogens (primary N) is 1. The minimum atomic E-state index is -0.697. The van der Waals surface area contributed by atoms with Crippen molar-refractivity contribution in [3.8, 4) is 39.6 Å². The Balaban J connectivity index is 1.55. The van der Waals surface area contributed by atoms with Gasteiger partial charge in [-0.2, -0.15) is 10.5 Å².